The van der Waals surface area contributed by atoms with E-state index in [0.717, 1.165) is 11.3 Å². The Bertz CT molecular complexity index is 384. The van der Waals surface area contributed by atoms with E-state index in [0.29, 0.717) is 13.0 Å². The lowest BCUT2D eigenvalue weighted by molar-refractivity contribution is -0.118. The largest absolute Gasteiger partial charge is 0.355 e. The number of hydrogen-bond donors (Lipinski definition) is 1. The first kappa shape index (κ1) is 11.3. The van der Waals surface area contributed by atoms with Crippen molar-refractivity contribution >= 4 is 5.91 Å². The van der Waals surface area contributed by atoms with Crippen LogP contribution in [-0.2, 0) is 4.79 Å². The van der Waals surface area contributed by atoms with Crippen LogP contribution in [0.15, 0.2) is 18.3 Å². The van der Waals surface area contributed by atoms with Gasteiger partial charge in [-0.1, -0.05) is 11.8 Å². The average Bonchev–Trinajstić information content (AvgIpc) is 2.20. The summed E-state index contributed by atoms with van der Waals surface area (Å²) in [6.07, 6.45) is 2.41. The average molecular weight is 202 g/mol. The zero-order chi connectivity index (χ0) is 11.1. The Labute approximate surface area is 89.9 Å². The molecule has 0 spiro atoms. The van der Waals surface area contributed by atoms with Crippen LogP contribution >= 0.6 is 0 Å². The zero-order valence-electron chi connectivity index (χ0n) is 9.00. The summed E-state index contributed by atoms with van der Waals surface area (Å²) in [7, 11) is 0. The van der Waals surface area contributed by atoms with E-state index in [2.05, 4.69) is 22.1 Å². The molecule has 15 heavy (non-hydrogen) atoms. The molecule has 3 nitrogen and oxygen atoms in total. The third kappa shape index (κ3) is 4.82. The molecular weight excluding hydrogens is 188 g/mol. The number of rotatable bonds is 2. The van der Waals surface area contributed by atoms with E-state index in [-0.39, 0.29) is 5.91 Å². The van der Waals surface area contributed by atoms with Crippen molar-refractivity contribution in [1.82, 2.24) is 10.3 Å². The molecular formula is C12H14N2O. The van der Waals surface area contributed by atoms with Crippen LogP contribution in [-0.4, -0.2) is 17.4 Å². The van der Waals surface area contributed by atoms with Gasteiger partial charge in [-0.05, 0) is 19.1 Å². The highest BCUT2D eigenvalue weighted by molar-refractivity contribution is 5.72. The smallest absolute Gasteiger partial charge is 0.216 e. The predicted molar refractivity (Wildman–Crippen MR) is 59.2 cm³/mol. The minimum Gasteiger partial charge on any atom is -0.355 e. The molecule has 1 rings (SSSR count). The molecule has 1 N–H and O–H groups in total. The van der Waals surface area contributed by atoms with Crippen LogP contribution in [0.3, 0.4) is 0 Å². The van der Waals surface area contributed by atoms with E-state index in [9.17, 15) is 4.79 Å². The van der Waals surface area contributed by atoms with Gasteiger partial charge in [0.2, 0.25) is 5.91 Å². The van der Waals surface area contributed by atoms with Crippen molar-refractivity contribution in [3.05, 3.63) is 29.6 Å². The number of amides is 1. The van der Waals surface area contributed by atoms with Gasteiger partial charge in [-0.15, -0.1) is 0 Å². The first-order valence-corrected chi connectivity index (χ1v) is 4.84. The molecule has 0 aliphatic heterocycles. The van der Waals surface area contributed by atoms with Gasteiger partial charge >= 0.3 is 0 Å². The molecule has 0 aliphatic carbocycles. The normalized spacial score (nSPS) is 8.93. The standard InChI is InChI=1S/C12H14N2O/c1-10-6-7-12(9-14-10)5-3-4-8-13-11(2)15/h6-7,9H,4,8H2,1-2H3,(H,13,15). The first-order chi connectivity index (χ1) is 7.18. The molecule has 0 aromatic carbocycles. The molecule has 78 valence electrons. The minimum atomic E-state index is -0.0196. The third-order valence-corrected chi connectivity index (χ3v) is 1.77. The summed E-state index contributed by atoms with van der Waals surface area (Å²) >= 11 is 0. The zero-order valence-corrected chi connectivity index (χ0v) is 9.00. The molecule has 0 fully saturated rings. The van der Waals surface area contributed by atoms with Gasteiger partial charge in [0, 0.05) is 37.3 Å². The summed E-state index contributed by atoms with van der Waals surface area (Å²) in [4.78, 5) is 14.7. The Kier molecular flexibility index (Phi) is 4.36. The lowest BCUT2D eigenvalue weighted by atomic mass is 10.2. The van der Waals surface area contributed by atoms with Gasteiger partial charge < -0.3 is 5.32 Å². The SMILES string of the molecule is CC(=O)NCCC#Cc1ccc(C)nc1. The Morgan fingerprint density at radius 2 is 2.33 bits per heavy atom. The summed E-state index contributed by atoms with van der Waals surface area (Å²) in [5.74, 6) is 5.93. The van der Waals surface area contributed by atoms with Gasteiger partial charge in [0.15, 0.2) is 0 Å². The van der Waals surface area contributed by atoms with Gasteiger partial charge in [-0.25, -0.2) is 0 Å². The number of aromatic nitrogens is 1. The molecule has 0 aliphatic rings. The Morgan fingerprint density at radius 3 is 2.93 bits per heavy atom. The van der Waals surface area contributed by atoms with Crippen LogP contribution in [0.5, 0.6) is 0 Å². The van der Waals surface area contributed by atoms with Crippen molar-refractivity contribution in [2.75, 3.05) is 6.54 Å². The Balaban J connectivity index is 2.38. The van der Waals surface area contributed by atoms with Gasteiger partial charge in [-0.2, -0.15) is 0 Å². The maximum Gasteiger partial charge on any atom is 0.216 e. The second kappa shape index (κ2) is 5.82. The van der Waals surface area contributed by atoms with Crippen LogP contribution in [0.2, 0.25) is 0 Å². The molecule has 0 unspecified atom stereocenters. The van der Waals surface area contributed by atoms with Gasteiger partial charge in [-0.3, -0.25) is 9.78 Å². The highest BCUT2D eigenvalue weighted by atomic mass is 16.1. The fourth-order valence-corrected chi connectivity index (χ4v) is 1.01. The topological polar surface area (TPSA) is 42.0 Å². The minimum absolute atomic E-state index is 0.0196. The fraction of sp³-hybridized carbons (Fsp3) is 0.333. The monoisotopic (exact) mass is 202 g/mol. The number of nitrogens with one attached hydrogen (secondary N) is 1. The summed E-state index contributed by atoms with van der Waals surface area (Å²) in [6.45, 7) is 4.03. The predicted octanol–water partition coefficient (Wildman–Crippen LogP) is 1.27. The molecule has 1 heterocycles. The summed E-state index contributed by atoms with van der Waals surface area (Å²) < 4.78 is 0. The van der Waals surface area contributed by atoms with Crippen molar-refractivity contribution < 1.29 is 4.79 Å². The maximum absolute atomic E-state index is 10.5. The van der Waals surface area contributed by atoms with Crippen LogP contribution in [0.25, 0.3) is 0 Å². The van der Waals surface area contributed by atoms with Gasteiger partial charge in [0.05, 0.1) is 0 Å². The second-order valence-electron chi connectivity index (χ2n) is 3.22. The summed E-state index contributed by atoms with van der Waals surface area (Å²) in [5, 5.41) is 2.68. The molecule has 0 saturated heterocycles. The number of hydrogen-bond acceptors (Lipinski definition) is 2. The number of nitrogens with zero attached hydrogens (tertiary/aromatic N) is 1. The quantitative estimate of drug-likeness (QED) is 0.579. The lowest BCUT2D eigenvalue weighted by Gasteiger charge is -1.94. The molecule has 0 bridgehead atoms. The fourth-order valence-electron chi connectivity index (χ4n) is 1.01. The highest BCUT2D eigenvalue weighted by Crippen LogP contribution is 1.96. The van der Waals surface area contributed by atoms with Crippen LogP contribution < -0.4 is 5.32 Å². The maximum atomic E-state index is 10.5. The molecule has 1 aromatic heterocycles. The lowest BCUT2D eigenvalue weighted by Crippen LogP contribution is -2.20. The number of pyridine rings is 1. The van der Waals surface area contributed by atoms with Gasteiger partial charge in [0.1, 0.15) is 0 Å². The van der Waals surface area contributed by atoms with Crippen LogP contribution in [0, 0.1) is 18.8 Å². The van der Waals surface area contributed by atoms with E-state index in [4.69, 9.17) is 0 Å². The molecule has 0 atom stereocenters. The molecule has 1 amide bonds. The summed E-state index contributed by atoms with van der Waals surface area (Å²) in [6, 6.07) is 3.87. The van der Waals surface area contributed by atoms with Crippen molar-refractivity contribution in [2.24, 2.45) is 0 Å². The molecule has 1 aromatic rings. The molecule has 0 saturated carbocycles. The van der Waals surface area contributed by atoms with E-state index >= 15 is 0 Å². The van der Waals surface area contributed by atoms with Crippen LogP contribution in [0.1, 0.15) is 24.6 Å². The van der Waals surface area contributed by atoms with E-state index in [1.54, 1.807) is 6.20 Å². The second-order valence-corrected chi connectivity index (χ2v) is 3.22. The Morgan fingerprint density at radius 1 is 1.53 bits per heavy atom. The summed E-state index contributed by atoms with van der Waals surface area (Å²) in [5.41, 5.74) is 1.89. The number of carbonyl (C=O) groups is 1. The van der Waals surface area contributed by atoms with E-state index in [1.807, 2.05) is 19.1 Å². The number of carbonyl (C=O) groups excluding carboxylic acids is 1. The van der Waals surface area contributed by atoms with E-state index in [1.165, 1.54) is 6.92 Å². The van der Waals surface area contributed by atoms with E-state index < -0.39 is 0 Å². The van der Waals surface area contributed by atoms with Crippen molar-refractivity contribution in [3.63, 3.8) is 0 Å². The van der Waals surface area contributed by atoms with Crippen molar-refractivity contribution in [1.29, 1.82) is 0 Å². The first-order valence-electron chi connectivity index (χ1n) is 4.84. The number of aryl methyl sites for hydroxylation is 1. The van der Waals surface area contributed by atoms with Crippen LogP contribution in [0.4, 0.5) is 0 Å². The Hall–Kier alpha value is -1.82. The van der Waals surface area contributed by atoms with Gasteiger partial charge in [0.25, 0.3) is 0 Å². The third-order valence-electron chi connectivity index (χ3n) is 1.77. The highest BCUT2D eigenvalue weighted by Gasteiger charge is 1.88. The molecule has 3 heteroatoms. The van der Waals surface area contributed by atoms with Crippen molar-refractivity contribution in [2.45, 2.75) is 20.3 Å². The van der Waals surface area contributed by atoms with Crippen molar-refractivity contribution in [3.8, 4) is 11.8 Å². The molecule has 0 radical (unpaired) electrons.